The van der Waals surface area contributed by atoms with E-state index in [2.05, 4.69) is 14.5 Å². The molecule has 1 unspecified atom stereocenters. The summed E-state index contributed by atoms with van der Waals surface area (Å²) in [5.74, 6) is -48.2. The largest absolute Gasteiger partial charge is 0.478 e. The van der Waals surface area contributed by atoms with Crippen molar-refractivity contribution < 1.29 is 80.1 Å². The highest BCUT2D eigenvalue weighted by Crippen LogP contribution is 2.63. The molecule has 0 N–H and O–H groups in total. The third-order valence-corrected chi connectivity index (χ3v) is 7.58. The van der Waals surface area contributed by atoms with Crippen LogP contribution in [0, 0.1) is 5.92 Å². The third kappa shape index (κ3) is 6.46. The average Bonchev–Trinajstić information content (AvgIpc) is 3.70. The summed E-state index contributed by atoms with van der Waals surface area (Å²) in [5, 5.41) is 0. The van der Waals surface area contributed by atoms with E-state index in [9.17, 15) is 65.9 Å². The minimum Gasteiger partial charge on any atom is -0.478 e. The molecule has 1 aliphatic carbocycles. The first-order chi connectivity index (χ1) is 21.5. The number of aromatic nitrogens is 1. The van der Waals surface area contributed by atoms with Gasteiger partial charge in [0.15, 0.2) is 11.5 Å². The zero-order valence-corrected chi connectivity index (χ0v) is 23.6. The topological polar surface area (TPSA) is 40.6 Å². The van der Waals surface area contributed by atoms with E-state index >= 15 is 0 Å². The Morgan fingerprint density at radius 3 is 1.74 bits per heavy atom. The lowest BCUT2D eigenvalue weighted by molar-refractivity contribution is -0.457. The molecule has 1 aromatic carbocycles. The minimum atomic E-state index is -8.40. The first-order valence-electron chi connectivity index (χ1n) is 13.9. The Morgan fingerprint density at radius 1 is 0.617 bits per heavy atom. The van der Waals surface area contributed by atoms with Crippen LogP contribution in [0.3, 0.4) is 0 Å². The van der Waals surface area contributed by atoms with Gasteiger partial charge in [0.1, 0.15) is 0 Å². The number of hydrogen-bond acceptors (Lipinski definition) is 4. The number of nitrogens with zero attached hydrogens (tertiary/aromatic N) is 1. The fourth-order valence-electron chi connectivity index (χ4n) is 4.51. The maximum Gasteiger partial charge on any atom is 0.460 e. The molecule has 0 bridgehead atoms. The van der Waals surface area contributed by atoms with E-state index in [-0.39, 0.29) is 17.0 Å². The Morgan fingerprint density at radius 2 is 1.17 bits per heavy atom. The molecule has 0 radical (unpaired) electrons. The van der Waals surface area contributed by atoms with Crippen molar-refractivity contribution in [3.05, 3.63) is 36.5 Å². The lowest BCUT2D eigenvalue weighted by atomic mass is 9.91. The molecule has 2 aromatic rings. The molecule has 19 heteroatoms. The highest BCUT2D eigenvalue weighted by molar-refractivity contribution is 5.67. The van der Waals surface area contributed by atoms with Crippen LogP contribution in [0.25, 0.3) is 11.1 Å². The van der Waals surface area contributed by atoms with Crippen molar-refractivity contribution in [3.8, 4) is 28.5 Å². The van der Waals surface area contributed by atoms with E-state index in [4.69, 9.17) is 4.74 Å². The van der Waals surface area contributed by atoms with E-state index in [1.807, 2.05) is 0 Å². The van der Waals surface area contributed by atoms with Crippen molar-refractivity contribution in [1.29, 1.82) is 0 Å². The summed E-state index contributed by atoms with van der Waals surface area (Å²) in [7, 11) is 0. The van der Waals surface area contributed by atoms with Gasteiger partial charge in [0.25, 0.3) is 0 Å². The standard InChI is InChI=1S/C28H24F15NO3/c29-22(30,23(31,32)24(33,34)25(35,36)26(37,38)27(39,40)28(41,42)43)21-46-18-10-8-16(13-19(18)47-21)17-9-11-20(44-14-17)45-12-4-2-1-3-5-15-6-7-15/h8-11,13-15,21H,1-7,12H2. The van der Waals surface area contributed by atoms with Gasteiger partial charge < -0.3 is 14.2 Å². The molecule has 0 amide bonds. The van der Waals surface area contributed by atoms with Crippen molar-refractivity contribution in [3.63, 3.8) is 0 Å². The van der Waals surface area contributed by atoms with Crippen molar-refractivity contribution in [2.24, 2.45) is 5.92 Å². The van der Waals surface area contributed by atoms with E-state index in [0.29, 0.717) is 6.61 Å². The monoisotopic (exact) mass is 707 g/mol. The summed E-state index contributed by atoms with van der Waals surface area (Å²) in [5.41, 5.74) is 0.312. The van der Waals surface area contributed by atoms with Gasteiger partial charge in [-0.15, -0.1) is 0 Å². The Bertz CT molecular complexity index is 1390. The Hall–Kier alpha value is -3.28. The summed E-state index contributed by atoms with van der Waals surface area (Å²) in [4.78, 5) is 4.05. The molecule has 1 aliphatic heterocycles. The van der Waals surface area contributed by atoms with Gasteiger partial charge in [-0.1, -0.05) is 44.6 Å². The van der Waals surface area contributed by atoms with E-state index in [1.165, 1.54) is 37.6 Å². The quantitative estimate of drug-likeness (QED) is 0.137. The SMILES string of the molecule is FC(F)(F)C(F)(F)C(F)(F)C(F)(F)C(F)(F)C(F)(F)C(F)(F)C1Oc2ccc(-c3ccc(OCCCCCCC4CC4)nc3)cc2O1. The Kier molecular flexibility index (Phi) is 9.57. The van der Waals surface area contributed by atoms with Crippen LogP contribution in [0.5, 0.6) is 17.4 Å². The summed E-state index contributed by atoms with van der Waals surface area (Å²) in [6.07, 6.45) is -2.68. The second-order valence-corrected chi connectivity index (χ2v) is 11.1. The molecule has 1 aromatic heterocycles. The molecule has 2 aliphatic rings. The van der Waals surface area contributed by atoms with Crippen LogP contribution >= 0.6 is 0 Å². The summed E-state index contributed by atoms with van der Waals surface area (Å²) < 4.78 is 218. The van der Waals surface area contributed by atoms with Gasteiger partial charge in [-0.3, -0.25) is 0 Å². The normalized spacial score (nSPS) is 18.1. The zero-order valence-electron chi connectivity index (χ0n) is 23.6. The number of rotatable bonds is 15. The molecule has 47 heavy (non-hydrogen) atoms. The maximum absolute atomic E-state index is 14.6. The fraction of sp³-hybridized carbons (Fsp3) is 0.607. The zero-order chi connectivity index (χ0) is 35.3. The van der Waals surface area contributed by atoms with Gasteiger partial charge in [0.2, 0.25) is 5.88 Å². The summed E-state index contributed by atoms with van der Waals surface area (Å²) >= 11 is 0. The first kappa shape index (κ1) is 36.6. The molecule has 2 heterocycles. The first-order valence-corrected chi connectivity index (χ1v) is 13.9. The fourth-order valence-corrected chi connectivity index (χ4v) is 4.51. The highest BCUT2D eigenvalue weighted by atomic mass is 19.4. The number of ether oxygens (including phenoxy) is 3. The van der Waals surface area contributed by atoms with E-state index in [0.717, 1.165) is 49.8 Å². The Balaban J connectivity index is 1.43. The lowest BCUT2D eigenvalue weighted by Gasteiger charge is -2.41. The Labute approximate surface area is 256 Å². The number of unbranched alkanes of at least 4 members (excludes halogenated alkanes) is 3. The molecule has 1 fully saturated rings. The van der Waals surface area contributed by atoms with Gasteiger partial charge in [-0.05, 0) is 36.1 Å². The molecule has 0 saturated heterocycles. The molecule has 1 saturated carbocycles. The molecule has 1 atom stereocenters. The second kappa shape index (κ2) is 12.3. The highest BCUT2D eigenvalue weighted by Gasteiger charge is 2.94. The van der Waals surface area contributed by atoms with Crippen LogP contribution in [-0.4, -0.2) is 59.6 Å². The van der Waals surface area contributed by atoms with Crippen LogP contribution in [-0.2, 0) is 0 Å². The van der Waals surface area contributed by atoms with E-state index < -0.39 is 59.5 Å². The summed E-state index contributed by atoms with van der Waals surface area (Å²) in [6.45, 7) is 0.368. The molecule has 264 valence electrons. The van der Waals surface area contributed by atoms with Crippen LogP contribution < -0.4 is 14.2 Å². The number of alkyl halides is 15. The van der Waals surface area contributed by atoms with Gasteiger partial charge >= 0.3 is 48.0 Å². The molecular weight excluding hydrogens is 683 g/mol. The third-order valence-electron chi connectivity index (χ3n) is 7.58. The van der Waals surface area contributed by atoms with Gasteiger partial charge in [-0.2, -0.15) is 65.9 Å². The van der Waals surface area contributed by atoms with Crippen LogP contribution in [0.4, 0.5) is 65.9 Å². The molecule has 4 rings (SSSR count). The van der Waals surface area contributed by atoms with Crippen molar-refractivity contribution in [2.75, 3.05) is 6.61 Å². The average molecular weight is 707 g/mol. The van der Waals surface area contributed by atoms with Crippen LogP contribution in [0.1, 0.15) is 44.9 Å². The van der Waals surface area contributed by atoms with Gasteiger partial charge in [0, 0.05) is 17.8 Å². The lowest BCUT2D eigenvalue weighted by Crippen LogP contribution is -2.74. The van der Waals surface area contributed by atoms with Gasteiger partial charge in [-0.25, -0.2) is 4.98 Å². The van der Waals surface area contributed by atoms with Crippen LogP contribution in [0.15, 0.2) is 36.5 Å². The number of hydrogen-bond donors (Lipinski definition) is 0. The van der Waals surface area contributed by atoms with E-state index in [1.54, 1.807) is 0 Å². The maximum atomic E-state index is 14.6. The number of halogens is 15. The smallest absolute Gasteiger partial charge is 0.460 e. The molecule has 4 nitrogen and oxygen atoms in total. The molecular formula is C28H24F15NO3. The van der Waals surface area contributed by atoms with Crippen molar-refractivity contribution in [2.45, 2.75) is 92.9 Å². The number of fused-ring (bicyclic) bond motifs is 1. The predicted octanol–water partition coefficient (Wildman–Crippen LogP) is 9.96. The second-order valence-electron chi connectivity index (χ2n) is 11.1. The van der Waals surface area contributed by atoms with Crippen LogP contribution in [0.2, 0.25) is 0 Å². The molecule has 0 spiro atoms. The van der Waals surface area contributed by atoms with Crippen molar-refractivity contribution in [1.82, 2.24) is 4.98 Å². The number of pyridine rings is 1. The predicted molar refractivity (Wildman–Crippen MR) is 132 cm³/mol. The number of benzene rings is 1. The van der Waals surface area contributed by atoms with Crippen molar-refractivity contribution >= 4 is 0 Å². The minimum absolute atomic E-state index is 0.0728. The summed E-state index contributed by atoms with van der Waals surface area (Å²) in [6, 6.07) is 5.59. The van der Waals surface area contributed by atoms with Gasteiger partial charge in [0.05, 0.1) is 6.61 Å².